The Morgan fingerprint density at radius 2 is 2.14 bits per heavy atom. The van der Waals surface area contributed by atoms with E-state index in [0.717, 1.165) is 19.3 Å². The Morgan fingerprint density at radius 1 is 1.50 bits per heavy atom. The van der Waals surface area contributed by atoms with Crippen molar-refractivity contribution in [2.75, 3.05) is 6.61 Å². The van der Waals surface area contributed by atoms with Crippen LogP contribution in [0.2, 0.25) is 0 Å². The number of nitrogens with two attached hydrogens (primary N) is 1. The van der Waals surface area contributed by atoms with Gasteiger partial charge in [-0.05, 0) is 6.42 Å². The van der Waals surface area contributed by atoms with E-state index in [4.69, 9.17) is 21.7 Å². The highest BCUT2D eigenvalue weighted by Gasteiger charge is 2.07. The first-order chi connectivity index (χ1) is 6.60. The van der Waals surface area contributed by atoms with Gasteiger partial charge in [0.2, 0.25) is 0 Å². The van der Waals surface area contributed by atoms with Gasteiger partial charge in [0, 0.05) is 0 Å². The number of hydrogen-bond donors (Lipinski definition) is 6. The van der Waals surface area contributed by atoms with E-state index in [9.17, 15) is 0 Å². The number of unbranched alkanes of at least 4 members (excludes halogenated alkanes) is 1. The minimum Gasteiger partial charge on any atom is -0.394 e. The summed E-state index contributed by atoms with van der Waals surface area (Å²) in [6.07, 6.45) is 2.84. The summed E-state index contributed by atoms with van der Waals surface area (Å²) >= 11 is 0. The van der Waals surface area contributed by atoms with Crippen molar-refractivity contribution in [1.82, 2.24) is 10.6 Å². The summed E-state index contributed by atoms with van der Waals surface area (Å²) in [4.78, 5) is 0. The third kappa shape index (κ3) is 6.24. The van der Waals surface area contributed by atoms with Crippen LogP contribution >= 0.6 is 0 Å². The zero-order valence-electron chi connectivity index (χ0n) is 8.43. The van der Waals surface area contributed by atoms with Gasteiger partial charge in [0.1, 0.15) is 0 Å². The summed E-state index contributed by atoms with van der Waals surface area (Å²) in [5.41, 5.74) is 5.04. The third-order valence-electron chi connectivity index (χ3n) is 1.73. The Bertz CT molecular complexity index is 194. The van der Waals surface area contributed by atoms with Gasteiger partial charge in [-0.3, -0.25) is 16.1 Å². The second-order valence-corrected chi connectivity index (χ2v) is 3.08. The van der Waals surface area contributed by atoms with E-state index >= 15 is 0 Å². The topological polar surface area (TPSA) is 118 Å². The van der Waals surface area contributed by atoms with Crippen molar-refractivity contribution < 1.29 is 5.11 Å². The Hall–Kier alpha value is -1.30. The maximum Gasteiger partial charge on any atom is 0.195 e. The Kier molecular flexibility index (Phi) is 6.47. The normalized spacial score (nSPS) is 11.9. The zero-order chi connectivity index (χ0) is 11.0. The molecule has 6 heteroatoms. The van der Waals surface area contributed by atoms with Gasteiger partial charge in [-0.25, -0.2) is 0 Å². The van der Waals surface area contributed by atoms with Crippen molar-refractivity contribution in [2.45, 2.75) is 32.2 Å². The minimum absolute atomic E-state index is 0.0258. The molecule has 0 rings (SSSR count). The lowest BCUT2D eigenvalue weighted by Crippen LogP contribution is -2.48. The fraction of sp³-hybridized carbons (Fsp3) is 0.750. The molecular weight excluding hydrogens is 182 g/mol. The molecule has 0 saturated heterocycles. The van der Waals surface area contributed by atoms with E-state index in [-0.39, 0.29) is 24.6 Å². The molecule has 7 N–H and O–H groups in total. The van der Waals surface area contributed by atoms with Crippen molar-refractivity contribution in [3.63, 3.8) is 0 Å². The number of guanidine groups is 2. The standard InChI is InChI=1S/C8H19N5O/c1-2-3-4-6(5-14)12-8(11)13-7(9)10/h6,14H,2-5H2,1H3,(H6,9,10,11,12,13). The molecule has 0 fully saturated rings. The average molecular weight is 201 g/mol. The van der Waals surface area contributed by atoms with Gasteiger partial charge in [-0.2, -0.15) is 0 Å². The lowest BCUT2D eigenvalue weighted by atomic mass is 10.1. The van der Waals surface area contributed by atoms with Gasteiger partial charge in [0.05, 0.1) is 12.6 Å². The first kappa shape index (κ1) is 12.7. The molecular formula is C8H19N5O. The van der Waals surface area contributed by atoms with Gasteiger partial charge in [-0.15, -0.1) is 0 Å². The van der Waals surface area contributed by atoms with E-state index < -0.39 is 0 Å². The molecule has 0 amide bonds. The maximum atomic E-state index is 8.96. The fourth-order valence-electron chi connectivity index (χ4n) is 1.03. The average Bonchev–Trinajstić information content (AvgIpc) is 2.10. The highest BCUT2D eigenvalue weighted by atomic mass is 16.3. The summed E-state index contributed by atoms with van der Waals surface area (Å²) in [5.74, 6) is -0.331. The molecule has 0 heterocycles. The first-order valence-corrected chi connectivity index (χ1v) is 4.67. The Balaban J connectivity index is 3.79. The van der Waals surface area contributed by atoms with E-state index in [0.29, 0.717) is 0 Å². The Labute approximate surface area is 83.9 Å². The smallest absolute Gasteiger partial charge is 0.195 e. The fourth-order valence-corrected chi connectivity index (χ4v) is 1.03. The lowest BCUT2D eigenvalue weighted by molar-refractivity contribution is 0.246. The van der Waals surface area contributed by atoms with Gasteiger partial charge in [0.25, 0.3) is 0 Å². The summed E-state index contributed by atoms with van der Waals surface area (Å²) in [6.45, 7) is 2.04. The number of aliphatic hydroxyl groups excluding tert-OH is 1. The van der Waals surface area contributed by atoms with Crippen LogP contribution in [0.4, 0.5) is 0 Å². The zero-order valence-corrected chi connectivity index (χ0v) is 8.43. The second kappa shape index (κ2) is 7.14. The van der Waals surface area contributed by atoms with Crippen LogP contribution < -0.4 is 16.4 Å². The molecule has 0 aliphatic rings. The molecule has 0 aliphatic heterocycles. The number of hydrogen-bond acceptors (Lipinski definition) is 3. The molecule has 0 aromatic rings. The van der Waals surface area contributed by atoms with Crippen LogP contribution in [-0.4, -0.2) is 29.7 Å². The van der Waals surface area contributed by atoms with Crippen molar-refractivity contribution in [2.24, 2.45) is 5.73 Å². The third-order valence-corrected chi connectivity index (χ3v) is 1.73. The lowest BCUT2D eigenvalue weighted by Gasteiger charge is -2.17. The molecule has 0 radical (unpaired) electrons. The quantitative estimate of drug-likeness (QED) is 0.266. The minimum atomic E-state index is -0.283. The van der Waals surface area contributed by atoms with E-state index in [1.807, 2.05) is 0 Å². The van der Waals surface area contributed by atoms with Gasteiger partial charge in [0.15, 0.2) is 11.9 Å². The predicted molar refractivity (Wildman–Crippen MR) is 56.3 cm³/mol. The van der Waals surface area contributed by atoms with Crippen LogP contribution in [0.25, 0.3) is 0 Å². The molecule has 1 unspecified atom stereocenters. The number of aliphatic hydroxyl groups is 1. The molecule has 14 heavy (non-hydrogen) atoms. The summed E-state index contributed by atoms with van der Waals surface area (Å²) in [6, 6.07) is -0.144. The molecule has 0 aromatic carbocycles. The molecule has 0 aromatic heterocycles. The highest BCUT2D eigenvalue weighted by Crippen LogP contribution is 1.99. The summed E-state index contributed by atoms with van der Waals surface area (Å²) in [7, 11) is 0. The summed E-state index contributed by atoms with van der Waals surface area (Å²) in [5, 5.41) is 28.2. The highest BCUT2D eigenvalue weighted by molar-refractivity contribution is 5.94. The molecule has 0 saturated carbocycles. The van der Waals surface area contributed by atoms with Crippen LogP contribution in [0.15, 0.2) is 0 Å². The maximum absolute atomic E-state index is 8.96. The van der Waals surface area contributed by atoms with Crippen LogP contribution in [0.5, 0.6) is 0 Å². The van der Waals surface area contributed by atoms with Gasteiger partial charge >= 0.3 is 0 Å². The van der Waals surface area contributed by atoms with E-state index in [1.54, 1.807) is 0 Å². The van der Waals surface area contributed by atoms with E-state index in [1.165, 1.54) is 0 Å². The number of rotatable bonds is 5. The van der Waals surface area contributed by atoms with Crippen LogP contribution in [0, 0.1) is 10.8 Å². The van der Waals surface area contributed by atoms with Crippen molar-refractivity contribution in [1.29, 1.82) is 10.8 Å². The number of nitrogens with one attached hydrogen (secondary N) is 4. The molecule has 0 aliphatic carbocycles. The molecule has 82 valence electrons. The molecule has 0 bridgehead atoms. The largest absolute Gasteiger partial charge is 0.394 e. The van der Waals surface area contributed by atoms with E-state index in [2.05, 4.69) is 17.6 Å². The van der Waals surface area contributed by atoms with Crippen LogP contribution in [0.1, 0.15) is 26.2 Å². The Morgan fingerprint density at radius 3 is 2.57 bits per heavy atom. The molecule has 0 spiro atoms. The van der Waals surface area contributed by atoms with Crippen molar-refractivity contribution in [3.8, 4) is 0 Å². The molecule has 1 atom stereocenters. The van der Waals surface area contributed by atoms with Crippen molar-refractivity contribution in [3.05, 3.63) is 0 Å². The SMILES string of the molecule is CCCCC(CO)NC(=N)NC(=N)N. The van der Waals surface area contributed by atoms with Gasteiger partial charge in [-0.1, -0.05) is 19.8 Å². The first-order valence-electron chi connectivity index (χ1n) is 4.67. The molecule has 6 nitrogen and oxygen atoms in total. The van der Waals surface area contributed by atoms with Crippen LogP contribution in [0.3, 0.4) is 0 Å². The van der Waals surface area contributed by atoms with Crippen molar-refractivity contribution >= 4 is 11.9 Å². The predicted octanol–water partition coefficient (Wildman–Crippen LogP) is -0.455. The second-order valence-electron chi connectivity index (χ2n) is 3.08. The van der Waals surface area contributed by atoms with Crippen LogP contribution in [-0.2, 0) is 0 Å². The summed E-state index contributed by atoms with van der Waals surface area (Å²) < 4.78 is 0. The monoisotopic (exact) mass is 201 g/mol. The van der Waals surface area contributed by atoms with Gasteiger partial charge < -0.3 is 16.2 Å².